The van der Waals surface area contributed by atoms with Gasteiger partial charge in [-0.3, -0.25) is 0 Å². The minimum Gasteiger partial charge on any atom is -0.396 e. The van der Waals surface area contributed by atoms with Crippen LogP contribution in [0.5, 0.6) is 0 Å². The van der Waals surface area contributed by atoms with Crippen LogP contribution < -0.4 is 0 Å². The maximum atomic E-state index is 11.5. The molecule has 0 amide bonds. The van der Waals surface area contributed by atoms with E-state index in [0.717, 1.165) is 23.1 Å². The number of ether oxygens (including phenoxy) is 1. The smallest absolute Gasteiger partial charge is 0.143 e. The summed E-state index contributed by atoms with van der Waals surface area (Å²) in [7, 11) is 0. The lowest BCUT2D eigenvalue weighted by molar-refractivity contribution is -0.101. The molecule has 1 aliphatic rings. The van der Waals surface area contributed by atoms with Crippen LogP contribution in [0.25, 0.3) is 0 Å². The number of hydrogen-bond acceptors (Lipinski definition) is 3. The van der Waals surface area contributed by atoms with Crippen molar-refractivity contribution in [1.29, 1.82) is 0 Å². The molecule has 2 N–H and O–H groups in total. The van der Waals surface area contributed by atoms with Gasteiger partial charge in [-0.25, -0.2) is 0 Å². The molecule has 0 aromatic heterocycles. The Bertz CT molecular complexity index is 906. The van der Waals surface area contributed by atoms with Gasteiger partial charge in [-0.1, -0.05) is 112 Å². The molecule has 0 spiro atoms. The van der Waals surface area contributed by atoms with Gasteiger partial charge in [-0.15, -0.1) is 0 Å². The van der Waals surface area contributed by atoms with E-state index in [1.54, 1.807) is 0 Å². The summed E-state index contributed by atoms with van der Waals surface area (Å²) in [6.45, 7) is 6.60. The van der Waals surface area contributed by atoms with Crippen LogP contribution >= 0.6 is 0 Å². The van der Waals surface area contributed by atoms with E-state index in [0.29, 0.717) is 6.61 Å². The second kappa shape index (κ2) is 9.80. The van der Waals surface area contributed by atoms with Crippen molar-refractivity contribution >= 4 is 0 Å². The second-order valence-corrected chi connectivity index (χ2v) is 9.82. The minimum atomic E-state index is -0.891. The van der Waals surface area contributed by atoms with Gasteiger partial charge in [0.15, 0.2) is 0 Å². The fourth-order valence-corrected chi connectivity index (χ4v) is 6.03. The maximum absolute atomic E-state index is 11.5. The zero-order valence-corrected chi connectivity index (χ0v) is 19.9. The van der Waals surface area contributed by atoms with E-state index in [1.807, 2.05) is 68.4 Å². The van der Waals surface area contributed by atoms with Crippen LogP contribution in [-0.4, -0.2) is 29.0 Å². The molecule has 4 atom stereocenters. The van der Waals surface area contributed by atoms with Crippen LogP contribution in [0.2, 0.25) is 0 Å². The van der Waals surface area contributed by atoms with Crippen molar-refractivity contribution in [2.45, 2.75) is 38.4 Å². The fourth-order valence-electron chi connectivity index (χ4n) is 6.03. The molecule has 0 saturated heterocycles. The Hall–Kier alpha value is -2.46. The van der Waals surface area contributed by atoms with Crippen molar-refractivity contribution in [3.8, 4) is 0 Å². The lowest BCUT2D eigenvalue weighted by Crippen LogP contribution is -2.47. The van der Waals surface area contributed by atoms with Gasteiger partial charge in [0, 0.05) is 12.5 Å². The molecule has 4 rings (SSSR count). The quantitative estimate of drug-likeness (QED) is 0.442. The standard InChI is InChI=1S/C30H36O3/c1-22(2)29(32)23(3)19-24(28(29)20-31)21-33-30(25-13-7-4-8-14-25,26-15-9-5-10-16-26)27-17-11-6-12-18-27/h4-18,22-24,28,31-32H,19-21H2,1-3H3/t23-,24-,28+,29-/m0/s1. The topological polar surface area (TPSA) is 49.7 Å². The maximum Gasteiger partial charge on any atom is 0.143 e. The molecule has 1 saturated carbocycles. The van der Waals surface area contributed by atoms with E-state index < -0.39 is 11.2 Å². The highest BCUT2D eigenvalue weighted by atomic mass is 16.5. The molecule has 0 heterocycles. The van der Waals surface area contributed by atoms with Crippen LogP contribution in [-0.2, 0) is 10.3 Å². The average molecular weight is 445 g/mol. The summed E-state index contributed by atoms with van der Waals surface area (Å²) in [6.07, 6.45) is 0.828. The highest BCUT2D eigenvalue weighted by Crippen LogP contribution is 2.50. The van der Waals surface area contributed by atoms with E-state index in [2.05, 4.69) is 43.3 Å². The van der Waals surface area contributed by atoms with E-state index >= 15 is 0 Å². The second-order valence-electron chi connectivity index (χ2n) is 9.82. The van der Waals surface area contributed by atoms with Crippen molar-refractivity contribution in [2.24, 2.45) is 23.7 Å². The Labute approximate surface area is 198 Å². The normalized spacial score (nSPS) is 25.5. The molecular formula is C30H36O3. The summed E-state index contributed by atoms with van der Waals surface area (Å²) in [6, 6.07) is 31.0. The van der Waals surface area contributed by atoms with Gasteiger partial charge in [0.05, 0.1) is 12.2 Å². The van der Waals surface area contributed by atoms with Crippen LogP contribution in [0.4, 0.5) is 0 Å². The van der Waals surface area contributed by atoms with E-state index in [1.165, 1.54) is 0 Å². The van der Waals surface area contributed by atoms with Gasteiger partial charge in [0.1, 0.15) is 5.60 Å². The predicted molar refractivity (Wildman–Crippen MR) is 133 cm³/mol. The minimum absolute atomic E-state index is 0.0396. The highest BCUT2D eigenvalue weighted by Gasteiger charge is 2.54. The van der Waals surface area contributed by atoms with E-state index in [-0.39, 0.29) is 30.3 Å². The van der Waals surface area contributed by atoms with Crippen LogP contribution in [0.15, 0.2) is 91.0 Å². The zero-order chi connectivity index (χ0) is 23.5. The van der Waals surface area contributed by atoms with Crippen molar-refractivity contribution in [2.75, 3.05) is 13.2 Å². The summed E-state index contributed by atoms with van der Waals surface area (Å²) >= 11 is 0. The third kappa shape index (κ3) is 4.14. The summed E-state index contributed by atoms with van der Waals surface area (Å²) in [4.78, 5) is 0. The molecule has 0 aliphatic heterocycles. The number of rotatable bonds is 8. The Morgan fingerprint density at radius 2 is 1.27 bits per heavy atom. The molecule has 3 aromatic rings. The molecule has 0 bridgehead atoms. The third-order valence-electron chi connectivity index (χ3n) is 7.79. The Balaban J connectivity index is 1.79. The zero-order valence-electron chi connectivity index (χ0n) is 19.9. The first-order chi connectivity index (χ1) is 15.9. The SMILES string of the molecule is CC(C)[C@@]1(O)[C@H](CO)[C@H](COC(c2ccccc2)(c2ccccc2)c2ccccc2)C[C@@H]1C. The molecule has 3 nitrogen and oxygen atoms in total. The van der Waals surface area contributed by atoms with E-state index in [9.17, 15) is 10.2 Å². The van der Waals surface area contributed by atoms with E-state index in [4.69, 9.17) is 4.74 Å². The van der Waals surface area contributed by atoms with Gasteiger partial charge in [-0.2, -0.15) is 0 Å². The molecule has 33 heavy (non-hydrogen) atoms. The molecule has 1 fully saturated rings. The first kappa shape index (κ1) is 23.7. The summed E-state index contributed by atoms with van der Waals surface area (Å²) in [5.41, 5.74) is 1.51. The number of aliphatic hydroxyl groups excluding tert-OH is 1. The molecule has 3 aromatic carbocycles. The molecular weight excluding hydrogens is 408 g/mol. The Morgan fingerprint density at radius 3 is 1.64 bits per heavy atom. The molecule has 174 valence electrons. The Morgan fingerprint density at radius 1 is 0.848 bits per heavy atom. The first-order valence-corrected chi connectivity index (χ1v) is 12.1. The van der Waals surface area contributed by atoms with Gasteiger partial charge < -0.3 is 14.9 Å². The van der Waals surface area contributed by atoms with Gasteiger partial charge in [0.2, 0.25) is 0 Å². The molecule has 0 radical (unpaired) electrons. The average Bonchev–Trinajstić information content (AvgIpc) is 3.11. The molecule has 0 unspecified atom stereocenters. The number of aliphatic hydroxyl groups is 2. The van der Waals surface area contributed by atoms with Crippen LogP contribution in [0, 0.1) is 23.7 Å². The van der Waals surface area contributed by atoms with Crippen LogP contribution in [0.1, 0.15) is 43.9 Å². The monoisotopic (exact) mass is 444 g/mol. The fraction of sp³-hybridized carbons (Fsp3) is 0.400. The third-order valence-corrected chi connectivity index (χ3v) is 7.79. The van der Waals surface area contributed by atoms with Gasteiger partial charge in [-0.05, 0) is 40.9 Å². The van der Waals surface area contributed by atoms with Crippen LogP contribution in [0.3, 0.4) is 0 Å². The highest BCUT2D eigenvalue weighted by molar-refractivity contribution is 5.47. The summed E-state index contributed by atoms with van der Waals surface area (Å²) in [5.74, 6) is 0.0139. The largest absolute Gasteiger partial charge is 0.396 e. The van der Waals surface area contributed by atoms with Crippen molar-refractivity contribution in [3.05, 3.63) is 108 Å². The van der Waals surface area contributed by atoms with Gasteiger partial charge >= 0.3 is 0 Å². The Kier molecular flexibility index (Phi) is 7.04. The van der Waals surface area contributed by atoms with Crippen molar-refractivity contribution in [3.63, 3.8) is 0 Å². The lowest BCUT2D eigenvalue weighted by Gasteiger charge is -2.40. The molecule has 1 aliphatic carbocycles. The number of benzene rings is 3. The first-order valence-electron chi connectivity index (χ1n) is 12.1. The van der Waals surface area contributed by atoms with Crippen molar-refractivity contribution < 1.29 is 14.9 Å². The predicted octanol–water partition coefficient (Wildman–Crippen LogP) is 5.65. The summed E-state index contributed by atoms with van der Waals surface area (Å²) < 4.78 is 7.00. The lowest BCUT2D eigenvalue weighted by atomic mass is 9.75. The molecule has 3 heteroatoms. The summed E-state index contributed by atoms with van der Waals surface area (Å²) in [5, 5.41) is 21.8. The van der Waals surface area contributed by atoms with Gasteiger partial charge in [0.25, 0.3) is 0 Å². The number of hydrogen-bond donors (Lipinski definition) is 2. The van der Waals surface area contributed by atoms with Crippen molar-refractivity contribution in [1.82, 2.24) is 0 Å².